The quantitative estimate of drug-likeness (QED) is 0.848. The first kappa shape index (κ1) is 16.2. The Balaban J connectivity index is 2.30. The Hall–Kier alpha value is -1.17. The van der Waals surface area contributed by atoms with Gasteiger partial charge in [0.2, 0.25) is 0 Å². The molecule has 0 amide bonds. The van der Waals surface area contributed by atoms with E-state index < -0.39 is 9.84 Å². The molecule has 0 radical (unpaired) electrons. The molecule has 0 aliphatic heterocycles. The van der Waals surface area contributed by atoms with Crippen LogP contribution in [0.15, 0.2) is 64.0 Å². The molecule has 21 heavy (non-hydrogen) atoms. The average Bonchev–Trinajstić information content (AvgIpc) is 2.48. The van der Waals surface area contributed by atoms with Crippen LogP contribution in [0.25, 0.3) is 0 Å². The molecule has 0 fully saturated rings. The Morgan fingerprint density at radius 3 is 2.29 bits per heavy atom. The van der Waals surface area contributed by atoms with Gasteiger partial charge in [0.05, 0.1) is 10.6 Å². The Bertz CT molecular complexity index is 686. The van der Waals surface area contributed by atoms with E-state index in [0.717, 1.165) is 5.56 Å². The summed E-state index contributed by atoms with van der Waals surface area (Å²) in [5.74, 6) is 0.0352. The fraction of sp³-hybridized carbons (Fsp3) is 0.250. The maximum atomic E-state index is 12.6. The molecule has 5 heteroatoms. The van der Waals surface area contributed by atoms with Gasteiger partial charge in [-0.05, 0) is 40.2 Å². The highest BCUT2D eigenvalue weighted by molar-refractivity contribution is 9.10. The van der Waals surface area contributed by atoms with Gasteiger partial charge in [0.15, 0.2) is 9.84 Å². The number of rotatable bonds is 6. The smallest absolute Gasteiger partial charge is 0.181 e. The average molecular weight is 368 g/mol. The number of hydrogen-bond donors (Lipinski definition) is 1. The van der Waals surface area contributed by atoms with Crippen LogP contribution < -0.4 is 5.32 Å². The van der Waals surface area contributed by atoms with Crippen molar-refractivity contribution >= 4 is 25.8 Å². The highest BCUT2D eigenvalue weighted by Gasteiger charge is 2.23. The van der Waals surface area contributed by atoms with Crippen molar-refractivity contribution in [2.45, 2.75) is 17.9 Å². The van der Waals surface area contributed by atoms with Crippen molar-refractivity contribution in [3.63, 3.8) is 0 Å². The standard InChI is InChI=1S/C16H18BrNO2S/c1-2-18-15(13-8-4-3-5-9-13)12-21(19,20)16-11-7-6-10-14(16)17/h3-11,15,18H,2,12H2,1H3. The van der Waals surface area contributed by atoms with Gasteiger partial charge >= 0.3 is 0 Å². The van der Waals surface area contributed by atoms with Crippen molar-refractivity contribution in [2.75, 3.05) is 12.3 Å². The first-order chi connectivity index (χ1) is 10.0. The fourth-order valence-corrected chi connectivity index (χ4v) is 4.82. The van der Waals surface area contributed by atoms with Gasteiger partial charge in [0.1, 0.15) is 0 Å². The maximum Gasteiger partial charge on any atom is 0.181 e. The number of sulfone groups is 1. The maximum absolute atomic E-state index is 12.6. The Kier molecular flexibility index (Phi) is 5.56. The summed E-state index contributed by atoms with van der Waals surface area (Å²) >= 11 is 3.32. The minimum Gasteiger partial charge on any atom is -0.309 e. The molecule has 2 aromatic rings. The summed E-state index contributed by atoms with van der Waals surface area (Å²) in [6.45, 7) is 2.69. The third-order valence-corrected chi connectivity index (χ3v) is 5.96. The number of halogens is 1. The fourth-order valence-electron chi connectivity index (χ4n) is 2.21. The van der Waals surface area contributed by atoms with E-state index in [-0.39, 0.29) is 11.8 Å². The van der Waals surface area contributed by atoms with E-state index in [9.17, 15) is 8.42 Å². The number of hydrogen-bond acceptors (Lipinski definition) is 3. The van der Waals surface area contributed by atoms with Crippen molar-refractivity contribution in [1.82, 2.24) is 5.32 Å². The Labute approximate surface area is 134 Å². The normalized spacial score (nSPS) is 13.0. The lowest BCUT2D eigenvalue weighted by Gasteiger charge is -2.19. The van der Waals surface area contributed by atoms with Gasteiger partial charge in [-0.15, -0.1) is 0 Å². The lowest BCUT2D eigenvalue weighted by Crippen LogP contribution is -2.28. The zero-order chi connectivity index (χ0) is 15.3. The summed E-state index contributed by atoms with van der Waals surface area (Å²) in [6, 6.07) is 16.4. The van der Waals surface area contributed by atoms with Crippen LogP contribution in [-0.4, -0.2) is 20.7 Å². The van der Waals surface area contributed by atoms with Crippen molar-refractivity contribution < 1.29 is 8.42 Å². The zero-order valence-electron chi connectivity index (χ0n) is 11.8. The Morgan fingerprint density at radius 1 is 1.05 bits per heavy atom. The molecule has 0 saturated carbocycles. The topological polar surface area (TPSA) is 46.2 Å². The van der Waals surface area contributed by atoms with E-state index in [1.807, 2.05) is 43.3 Å². The van der Waals surface area contributed by atoms with Gasteiger partial charge in [-0.3, -0.25) is 0 Å². The molecular formula is C16H18BrNO2S. The van der Waals surface area contributed by atoms with E-state index in [1.54, 1.807) is 18.2 Å². The van der Waals surface area contributed by atoms with Crippen LogP contribution in [0.2, 0.25) is 0 Å². The second-order valence-corrected chi connectivity index (χ2v) is 7.59. The molecule has 2 aromatic carbocycles. The molecule has 112 valence electrons. The summed E-state index contributed by atoms with van der Waals surface area (Å²) < 4.78 is 25.9. The van der Waals surface area contributed by atoms with Crippen LogP contribution >= 0.6 is 15.9 Å². The van der Waals surface area contributed by atoms with Crippen molar-refractivity contribution in [3.05, 3.63) is 64.6 Å². The lowest BCUT2D eigenvalue weighted by atomic mass is 10.1. The summed E-state index contributed by atoms with van der Waals surface area (Å²) in [6.07, 6.45) is 0. The molecule has 0 aliphatic carbocycles. The SMILES string of the molecule is CCNC(CS(=O)(=O)c1ccccc1Br)c1ccccc1. The minimum atomic E-state index is -3.37. The third-order valence-electron chi connectivity index (χ3n) is 3.21. The third kappa shape index (κ3) is 4.15. The highest BCUT2D eigenvalue weighted by Crippen LogP contribution is 2.25. The van der Waals surface area contributed by atoms with Crippen LogP contribution in [0.5, 0.6) is 0 Å². The van der Waals surface area contributed by atoms with E-state index >= 15 is 0 Å². The van der Waals surface area contributed by atoms with Crippen LogP contribution in [-0.2, 0) is 9.84 Å². The van der Waals surface area contributed by atoms with Crippen LogP contribution in [0, 0.1) is 0 Å². The largest absolute Gasteiger partial charge is 0.309 e. The summed E-state index contributed by atoms with van der Waals surface area (Å²) in [5.41, 5.74) is 0.981. The predicted molar refractivity (Wildman–Crippen MR) is 89.1 cm³/mol. The molecule has 0 bridgehead atoms. The van der Waals surface area contributed by atoms with Crippen molar-refractivity contribution in [1.29, 1.82) is 0 Å². The first-order valence-electron chi connectivity index (χ1n) is 6.80. The Morgan fingerprint density at radius 2 is 1.67 bits per heavy atom. The van der Waals surface area contributed by atoms with Gasteiger partial charge in [-0.1, -0.05) is 49.4 Å². The molecule has 3 nitrogen and oxygen atoms in total. The molecule has 0 spiro atoms. The van der Waals surface area contributed by atoms with Crippen LogP contribution in [0.3, 0.4) is 0 Å². The van der Waals surface area contributed by atoms with Crippen LogP contribution in [0.4, 0.5) is 0 Å². The zero-order valence-corrected chi connectivity index (χ0v) is 14.2. The molecular weight excluding hydrogens is 350 g/mol. The first-order valence-corrected chi connectivity index (χ1v) is 9.24. The molecule has 0 aliphatic rings. The van der Waals surface area contributed by atoms with Crippen molar-refractivity contribution in [2.24, 2.45) is 0 Å². The van der Waals surface area contributed by atoms with Gasteiger partial charge in [-0.2, -0.15) is 0 Å². The lowest BCUT2D eigenvalue weighted by molar-refractivity contribution is 0.559. The molecule has 1 atom stereocenters. The number of nitrogens with one attached hydrogen (secondary N) is 1. The summed E-state index contributed by atoms with van der Waals surface area (Å²) in [5, 5.41) is 3.25. The van der Waals surface area contributed by atoms with Gasteiger partial charge < -0.3 is 5.32 Å². The monoisotopic (exact) mass is 367 g/mol. The van der Waals surface area contributed by atoms with E-state index in [0.29, 0.717) is 15.9 Å². The van der Waals surface area contributed by atoms with Crippen molar-refractivity contribution in [3.8, 4) is 0 Å². The molecule has 1 unspecified atom stereocenters. The van der Waals surface area contributed by atoms with Gasteiger partial charge in [0, 0.05) is 10.5 Å². The summed E-state index contributed by atoms with van der Waals surface area (Å²) in [4.78, 5) is 0.337. The molecule has 0 saturated heterocycles. The number of benzene rings is 2. The molecule has 0 aromatic heterocycles. The molecule has 0 heterocycles. The van der Waals surface area contributed by atoms with E-state index in [1.165, 1.54) is 0 Å². The predicted octanol–water partition coefficient (Wildman–Crippen LogP) is 3.57. The second-order valence-electron chi connectivity index (χ2n) is 4.73. The summed E-state index contributed by atoms with van der Waals surface area (Å²) in [7, 11) is -3.37. The van der Waals surface area contributed by atoms with Crippen LogP contribution in [0.1, 0.15) is 18.5 Å². The molecule has 2 rings (SSSR count). The molecule has 1 N–H and O–H groups in total. The minimum absolute atomic E-state index is 0.0352. The second kappa shape index (κ2) is 7.20. The van der Waals surface area contributed by atoms with E-state index in [2.05, 4.69) is 21.2 Å². The van der Waals surface area contributed by atoms with Gasteiger partial charge in [0.25, 0.3) is 0 Å². The highest BCUT2D eigenvalue weighted by atomic mass is 79.9. The van der Waals surface area contributed by atoms with Gasteiger partial charge in [-0.25, -0.2) is 8.42 Å². The van der Waals surface area contributed by atoms with E-state index in [4.69, 9.17) is 0 Å².